The fourth-order valence-electron chi connectivity index (χ4n) is 2.78. The van der Waals surface area contributed by atoms with Crippen molar-refractivity contribution in [2.24, 2.45) is 0 Å². The van der Waals surface area contributed by atoms with E-state index in [1.54, 1.807) is 0 Å². The number of anilines is 1. The molecule has 1 aliphatic rings. The Morgan fingerprint density at radius 2 is 2.05 bits per heavy atom. The molecule has 1 N–H and O–H groups in total. The van der Waals surface area contributed by atoms with Crippen molar-refractivity contribution in [2.75, 3.05) is 11.4 Å². The van der Waals surface area contributed by atoms with Gasteiger partial charge in [0.25, 0.3) is 0 Å². The molecule has 0 aromatic carbocycles. The third-order valence-electron chi connectivity index (χ3n) is 4.15. The largest absolute Gasteiger partial charge is 0.353 e. The van der Waals surface area contributed by atoms with Gasteiger partial charge in [-0.2, -0.15) is 0 Å². The van der Waals surface area contributed by atoms with Crippen molar-refractivity contribution in [1.82, 2.24) is 10.3 Å². The van der Waals surface area contributed by atoms with Crippen molar-refractivity contribution in [3.63, 3.8) is 0 Å². The van der Waals surface area contributed by atoms with Crippen molar-refractivity contribution in [3.05, 3.63) is 22.9 Å². The van der Waals surface area contributed by atoms with Crippen LogP contribution in [-0.4, -0.2) is 23.6 Å². The molecular weight excluding hydrogens is 258 g/mol. The smallest absolute Gasteiger partial charge is 0.133 e. The van der Waals surface area contributed by atoms with E-state index in [-0.39, 0.29) is 0 Å². The highest BCUT2D eigenvalue weighted by molar-refractivity contribution is 5.53. The summed E-state index contributed by atoms with van der Waals surface area (Å²) in [6, 6.07) is 3.44. The Kier molecular flexibility index (Phi) is 5.63. The molecule has 21 heavy (non-hydrogen) atoms. The fourth-order valence-corrected chi connectivity index (χ4v) is 2.78. The monoisotopic (exact) mass is 289 g/mol. The summed E-state index contributed by atoms with van der Waals surface area (Å²) in [6.07, 6.45) is 5.15. The summed E-state index contributed by atoms with van der Waals surface area (Å²) in [5.74, 6) is 1.23. The summed E-state index contributed by atoms with van der Waals surface area (Å²) in [7, 11) is 0. The molecule has 0 radical (unpaired) electrons. The zero-order valence-corrected chi connectivity index (χ0v) is 14.4. The summed E-state index contributed by atoms with van der Waals surface area (Å²) in [6.45, 7) is 13.1. The maximum Gasteiger partial charge on any atom is 0.133 e. The lowest BCUT2D eigenvalue weighted by atomic mass is 10.1. The number of pyridine rings is 1. The number of aryl methyl sites for hydroxylation is 2. The van der Waals surface area contributed by atoms with Gasteiger partial charge >= 0.3 is 0 Å². The Hall–Kier alpha value is -1.09. The summed E-state index contributed by atoms with van der Waals surface area (Å²) in [5, 5.41) is 3.57. The first-order valence-corrected chi connectivity index (χ1v) is 8.50. The minimum absolute atomic E-state index is 0.503. The van der Waals surface area contributed by atoms with Crippen LogP contribution < -0.4 is 10.2 Å². The molecule has 0 amide bonds. The molecule has 1 aliphatic carbocycles. The molecule has 2 rings (SSSR count). The zero-order chi connectivity index (χ0) is 15.4. The summed E-state index contributed by atoms with van der Waals surface area (Å²) >= 11 is 0. The van der Waals surface area contributed by atoms with Crippen molar-refractivity contribution in [2.45, 2.75) is 78.9 Å². The van der Waals surface area contributed by atoms with Crippen LogP contribution in [0.15, 0.2) is 6.07 Å². The van der Waals surface area contributed by atoms with Crippen LogP contribution in [0.2, 0.25) is 0 Å². The normalized spacial score (nSPS) is 14.8. The summed E-state index contributed by atoms with van der Waals surface area (Å²) in [5.41, 5.74) is 3.89. The number of unbranched alkanes of at least 4 members (excludes halogenated alkanes) is 1. The van der Waals surface area contributed by atoms with E-state index in [4.69, 9.17) is 4.98 Å². The highest BCUT2D eigenvalue weighted by Gasteiger charge is 2.31. The van der Waals surface area contributed by atoms with Crippen LogP contribution in [-0.2, 0) is 6.54 Å². The standard InChI is InChI=1S/C18H31N3/c1-6-7-10-21(16-8-9-16)18-17(12-19-13(2)3)14(4)11-15(5)20-18/h11,13,16,19H,6-10,12H2,1-5H3. The topological polar surface area (TPSA) is 28.2 Å². The van der Waals surface area contributed by atoms with Crippen LogP contribution in [0.1, 0.15) is 63.3 Å². The van der Waals surface area contributed by atoms with Crippen LogP contribution >= 0.6 is 0 Å². The molecular formula is C18H31N3. The van der Waals surface area contributed by atoms with E-state index in [2.05, 4.69) is 50.9 Å². The Morgan fingerprint density at radius 1 is 1.33 bits per heavy atom. The number of hydrogen-bond acceptors (Lipinski definition) is 3. The second-order valence-electron chi connectivity index (χ2n) is 6.70. The molecule has 1 aromatic rings. The number of rotatable bonds is 8. The average Bonchev–Trinajstić information content (AvgIpc) is 3.22. The highest BCUT2D eigenvalue weighted by Crippen LogP contribution is 2.34. The van der Waals surface area contributed by atoms with Crippen molar-refractivity contribution in [3.8, 4) is 0 Å². The van der Waals surface area contributed by atoms with Gasteiger partial charge in [-0.05, 0) is 44.7 Å². The lowest BCUT2D eigenvalue weighted by Gasteiger charge is -2.27. The molecule has 0 aliphatic heterocycles. The van der Waals surface area contributed by atoms with Crippen LogP contribution in [0.4, 0.5) is 5.82 Å². The highest BCUT2D eigenvalue weighted by atomic mass is 15.2. The Balaban J connectivity index is 2.29. The summed E-state index contributed by atoms with van der Waals surface area (Å²) < 4.78 is 0. The fraction of sp³-hybridized carbons (Fsp3) is 0.722. The number of hydrogen-bond donors (Lipinski definition) is 1. The molecule has 1 saturated carbocycles. The van der Waals surface area contributed by atoms with E-state index in [1.165, 1.54) is 42.6 Å². The van der Waals surface area contributed by atoms with Gasteiger partial charge in [-0.3, -0.25) is 0 Å². The molecule has 0 saturated heterocycles. The Bertz CT molecular complexity index is 464. The summed E-state index contributed by atoms with van der Waals surface area (Å²) in [4.78, 5) is 7.48. The Labute approximate surface area is 130 Å². The molecule has 1 aromatic heterocycles. The predicted octanol–water partition coefficient (Wildman–Crippen LogP) is 3.97. The van der Waals surface area contributed by atoms with E-state index < -0.39 is 0 Å². The maximum absolute atomic E-state index is 4.91. The van der Waals surface area contributed by atoms with Gasteiger partial charge in [0.15, 0.2) is 0 Å². The van der Waals surface area contributed by atoms with E-state index in [1.807, 2.05) is 0 Å². The molecule has 118 valence electrons. The van der Waals surface area contributed by atoms with Crippen LogP contribution in [0.25, 0.3) is 0 Å². The molecule has 0 spiro atoms. The van der Waals surface area contributed by atoms with Crippen molar-refractivity contribution >= 4 is 5.82 Å². The molecule has 3 heteroatoms. The number of aromatic nitrogens is 1. The van der Waals surface area contributed by atoms with E-state index >= 15 is 0 Å². The third kappa shape index (κ3) is 4.44. The number of nitrogens with one attached hydrogen (secondary N) is 1. The minimum Gasteiger partial charge on any atom is -0.353 e. The zero-order valence-electron chi connectivity index (χ0n) is 14.4. The van der Waals surface area contributed by atoms with E-state index in [9.17, 15) is 0 Å². The first kappa shape index (κ1) is 16.3. The predicted molar refractivity (Wildman–Crippen MR) is 91.0 cm³/mol. The molecule has 0 unspecified atom stereocenters. The lowest BCUT2D eigenvalue weighted by Crippen LogP contribution is -2.31. The first-order chi connectivity index (χ1) is 10.0. The average molecular weight is 289 g/mol. The van der Waals surface area contributed by atoms with E-state index in [0.29, 0.717) is 6.04 Å². The van der Waals surface area contributed by atoms with Crippen LogP contribution in [0.3, 0.4) is 0 Å². The Morgan fingerprint density at radius 3 is 2.62 bits per heavy atom. The third-order valence-corrected chi connectivity index (χ3v) is 4.15. The van der Waals surface area contributed by atoms with Crippen molar-refractivity contribution < 1.29 is 0 Å². The molecule has 0 atom stereocenters. The van der Waals surface area contributed by atoms with Gasteiger partial charge in [0, 0.05) is 36.4 Å². The van der Waals surface area contributed by atoms with Gasteiger partial charge in [0.1, 0.15) is 5.82 Å². The van der Waals surface area contributed by atoms with Gasteiger partial charge in [-0.25, -0.2) is 4.98 Å². The molecule has 1 fully saturated rings. The minimum atomic E-state index is 0.503. The van der Waals surface area contributed by atoms with Gasteiger partial charge in [0.2, 0.25) is 0 Å². The van der Waals surface area contributed by atoms with E-state index in [0.717, 1.165) is 24.8 Å². The lowest BCUT2D eigenvalue weighted by molar-refractivity contribution is 0.583. The molecule has 0 bridgehead atoms. The van der Waals surface area contributed by atoms with Gasteiger partial charge in [0.05, 0.1) is 0 Å². The van der Waals surface area contributed by atoms with Gasteiger partial charge in [-0.1, -0.05) is 27.2 Å². The quantitative estimate of drug-likeness (QED) is 0.785. The maximum atomic E-state index is 4.91. The molecule has 3 nitrogen and oxygen atoms in total. The SMILES string of the molecule is CCCCN(c1nc(C)cc(C)c1CNC(C)C)C1CC1. The second-order valence-corrected chi connectivity index (χ2v) is 6.70. The molecule has 1 heterocycles. The van der Waals surface area contributed by atoms with Gasteiger partial charge in [-0.15, -0.1) is 0 Å². The second kappa shape index (κ2) is 7.26. The first-order valence-electron chi connectivity index (χ1n) is 8.50. The number of nitrogens with zero attached hydrogens (tertiary/aromatic N) is 2. The van der Waals surface area contributed by atoms with Crippen LogP contribution in [0.5, 0.6) is 0 Å². The van der Waals surface area contributed by atoms with Gasteiger partial charge < -0.3 is 10.2 Å². The van der Waals surface area contributed by atoms with Crippen LogP contribution in [0, 0.1) is 13.8 Å². The van der Waals surface area contributed by atoms with Crippen molar-refractivity contribution in [1.29, 1.82) is 0 Å².